The van der Waals surface area contributed by atoms with Gasteiger partial charge in [0.05, 0.1) is 19.4 Å². The Bertz CT molecular complexity index is 558. The van der Waals surface area contributed by atoms with Crippen LogP contribution in [0.4, 0.5) is 0 Å². The topological polar surface area (TPSA) is 40.1 Å². The van der Waals surface area contributed by atoms with Crippen molar-refractivity contribution in [1.82, 2.24) is 15.2 Å². The third-order valence-electron chi connectivity index (χ3n) is 5.73. The van der Waals surface area contributed by atoms with Crippen molar-refractivity contribution in [3.8, 4) is 0 Å². The van der Waals surface area contributed by atoms with Crippen LogP contribution in [0, 0.1) is 0 Å². The summed E-state index contributed by atoms with van der Waals surface area (Å²) in [6, 6.07) is 9.86. The summed E-state index contributed by atoms with van der Waals surface area (Å²) in [6.45, 7) is 11.7. The molecule has 0 spiro atoms. The highest BCUT2D eigenvalue weighted by Gasteiger charge is 2.22. The molecule has 0 bridgehead atoms. The van der Waals surface area contributed by atoms with Gasteiger partial charge in [0.15, 0.2) is 0 Å². The zero-order chi connectivity index (χ0) is 18.9. The van der Waals surface area contributed by atoms with E-state index in [1.807, 2.05) is 6.21 Å². The van der Waals surface area contributed by atoms with Gasteiger partial charge in [0.25, 0.3) is 0 Å². The number of ether oxygens (including phenoxy) is 1. The van der Waals surface area contributed by atoms with E-state index in [0.717, 1.165) is 39.4 Å². The van der Waals surface area contributed by atoms with Crippen LogP contribution in [0.5, 0.6) is 0 Å². The summed E-state index contributed by atoms with van der Waals surface area (Å²) < 4.78 is 5.39. The third kappa shape index (κ3) is 6.59. The fourth-order valence-electron chi connectivity index (χ4n) is 3.98. The molecular formula is C22H36N4O. The Kier molecular flexibility index (Phi) is 8.11. The standard InChI is InChI=1S/C22H36N4O/c1-19-5-3-6-20(2)26(19)24-18-22-9-7-21(8-10-22)17-23-11-4-12-25-13-15-27-16-14-25/h7-10,18-20,23H,3-6,11-17H2,1-2H3. The normalized spacial score (nSPS) is 24.6. The maximum Gasteiger partial charge on any atom is 0.0594 e. The first-order valence-electron chi connectivity index (χ1n) is 10.6. The molecule has 0 radical (unpaired) electrons. The van der Waals surface area contributed by atoms with Gasteiger partial charge in [-0.3, -0.25) is 9.91 Å². The highest BCUT2D eigenvalue weighted by molar-refractivity contribution is 5.79. The molecule has 0 aliphatic carbocycles. The van der Waals surface area contributed by atoms with E-state index in [1.165, 1.54) is 43.4 Å². The molecule has 0 aromatic heterocycles. The van der Waals surface area contributed by atoms with Gasteiger partial charge in [-0.15, -0.1) is 0 Å². The molecule has 2 saturated heterocycles. The van der Waals surface area contributed by atoms with Gasteiger partial charge in [-0.1, -0.05) is 24.3 Å². The van der Waals surface area contributed by atoms with Crippen LogP contribution >= 0.6 is 0 Å². The van der Waals surface area contributed by atoms with Gasteiger partial charge < -0.3 is 10.1 Å². The summed E-state index contributed by atoms with van der Waals surface area (Å²) in [5, 5.41) is 10.6. The molecule has 3 rings (SSSR count). The Labute approximate surface area is 164 Å². The second-order valence-electron chi connectivity index (χ2n) is 7.98. The van der Waals surface area contributed by atoms with E-state index < -0.39 is 0 Å². The molecule has 2 heterocycles. The molecule has 2 aliphatic heterocycles. The molecule has 5 heteroatoms. The van der Waals surface area contributed by atoms with Gasteiger partial charge in [-0.05, 0) is 63.7 Å². The van der Waals surface area contributed by atoms with Crippen molar-refractivity contribution in [1.29, 1.82) is 0 Å². The third-order valence-corrected chi connectivity index (χ3v) is 5.73. The summed E-state index contributed by atoms with van der Waals surface area (Å²) in [6.07, 6.45) is 7.02. The highest BCUT2D eigenvalue weighted by atomic mass is 16.5. The van der Waals surface area contributed by atoms with E-state index in [1.54, 1.807) is 0 Å². The summed E-state index contributed by atoms with van der Waals surface area (Å²) >= 11 is 0. The van der Waals surface area contributed by atoms with Gasteiger partial charge >= 0.3 is 0 Å². The molecular weight excluding hydrogens is 336 g/mol. The average Bonchev–Trinajstić information content (AvgIpc) is 2.69. The molecule has 0 amide bonds. The number of hydrogen-bond donors (Lipinski definition) is 1. The van der Waals surface area contributed by atoms with E-state index in [-0.39, 0.29) is 0 Å². The zero-order valence-electron chi connectivity index (χ0n) is 17.1. The summed E-state index contributed by atoms with van der Waals surface area (Å²) in [5.74, 6) is 0. The molecule has 5 nitrogen and oxygen atoms in total. The first-order valence-corrected chi connectivity index (χ1v) is 10.6. The summed E-state index contributed by atoms with van der Waals surface area (Å²) in [7, 11) is 0. The van der Waals surface area contributed by atoms with E-state index >= 15 is 0 Å². The van der Waals surface area contributed by atoms with Gasteiger partial charge in [0, 0.05) is 31.7 Å². The van der Waals surface area contributed by atoms with Crippen LogP contribution < -0.4 is 5.32 Å². The predicted octanol–water partition coefficient (Wildman–Crippen LogP) is 3.10. The van der Waals surface area contributed by atoms with Gasteiger partial charge in [-0.25, -0.2) is 0 Å². The second-order valence-corrected chi connectivity index (χ2v) is 7.98. The van der Waals surface area contributed by atoms with E-state index in [2.05, 4.69) is 53.3 Å². The van der Waals surface area contributed by atoms with Crippen LogP contribution in [0.1, 0.15) is 50.7 Å². The number of rotatable bonds is 8. The number of nitrogens with zero attached hydrogens (tertiary/aromatic N) is 3. The number of nitrogens with one attached hydrogen (secondary N) is 1. The highest BCUT2D eigenvalue weighted by Crippen LogP contribution is 2.22. The number of benzene rings is 1. The average molecular weight is 373 g/mol. The minimum Gasteiger partial charge on any atom is -0.379 e. The van der Waals surface area contributed by atoms with Crippen molar-refractivity contribution < 1.29 is 4.74 Å². The Hall–Kier alpha value is -1.43. The summed E-state index contributed by atoms with van der Waals surface area (Å²) in [5.41, 5.74) is 2.51. The molecule has 1 N–H and O–H groups in total. The van der Waals surface area contributed by atoms with Crippen molar-refractivity contribution >= 4 is 6.21 Å². The van der Waals surface area contributed by atoms with E-state index in [9.17, 15) is 0 Å². The van der Waals surface area contributed by atoms with Crippen molar-refractivity contribution in [2.75, 3.05) is 39.4 Å². The van der Waals surface area contributed by atoms with Crippen LogP contribution in [0.3, 0.4) is 0 Å². The molecule has 2 fully saturated rings. The molecule has 150 valence electrons. The van der Waals surface area contributed by atoms with Crippen molar-refractivity contribution in [3.05, 3.63) is 35.4 Å². The largest absolute Gasteiger partial charge is 0.379 e. The molecule has 1 aromatic carbocycles. The van der Waals surface area contributed by atoms with Crippen LogP contribution in [0.15, 0.2) is 29.4 Å². The number of morpholine rings is 1. The monoisotopic (exact) mass is 372 g/mol. The minimum atomic E-state index is 0.547. The Morgan fingerprint density at radius 1 is 1.11 bits per heavy atom. The lowest BCUT2D eigenvalue weighted by Crippen LogP contribution is -2.39. The van der Waals surface area contributed by atoms with Gasteiger partial charge in [-0.2, -0.15) is 5.10 Å². The van der Waals surface area contributed by atoms with Crippen molar-refractivity contribution in [3.63, 3.8) is 0 Å². The van der Waals surface area contributed by atoms with Crippen molar-refractivity contribution in [2.24, 2.45) is 5.10 Å². The predicted molar refractivity (Wildman–Crippen MR) is 112 cm³/mol. The quantitative estimate of drug-likeness (QED) is 0.562. The second kappa shape index (κ2) is 10.8. The zero-order valence-corrected chi connectivity index (χ0v) is 17.1. The SMILES string of the molecule is CC1CCCC(C)N1N=Cc1ccc(CNCCCN2CCOCC2)cc1. The lowest BCUT2D eigenvalue weighted by Gasteiger charge is -2.36. The fourth-order valence-corrected chi connectivity index (χ4v) is 3.98. The number of hydrazone groups is 1. The van der Waals surface area contributed by atoms with Crippen molar-refractivity contribution in [2.45, 2.75) is 58.2 Å². The first-order chi connectivity index (χ1) is 13.2. The van der Waals surface area contributed by atoms with Gasteiger partial charge in [0.1, 0.15) is 0 Å². The minimum absolute atomic E-state index is 0.547. The maximum absolute atomic E-state index is 5.39. The molecule has 27 heavy (non-hydrogen) atoms. The summed E-state index contributed by atoms with van der Waals surface area (Å²) in [4.78, 5) is 2.49. The molecule has 0 saturated carbocycles. The fraction of sp³-hybridized carbons (Fsp3) is 0.682. The van der Waals surface area contributed by atoms with Crippen LogP contribution in [-0.4, -0.2) is 67.6 Å². The van der Waals surface area contributed by atoms with Crippen LogP contribution in [-0.2, 0) is 11.3 Å². The number of hydrogen-bond acceptors (Lipinski definition) is 5. The Morgan fingerprint density at radius 2 is 1.81 bits per heavy atom. The lowest BCUT2D eigenvalue weighted by atomic mass is 10.00. The smallest absolute Gasteiger partial charge is 0.0594 e. The molecule has 2 atom stereocenters. The van der Waals surface area contributed by atoms with Crippen LogP contribution in [0.2, 0.25) is 0 Å². The first kappa shape index (κ1) is 20.3. The lowest BCUT2D eigenvalue weighted by molar-refractivity contribution is 0.0374. The molecule has 1 aromatic rings. The Balaban J connectivity index is 1.36. The van der Waals surface area contributed by atoms with Crippen LogP contribution in [0.25, 0.3) is 0 Å². The maximum atomic E-state index is 5.39. The molecule has 2 aliphatic rings. The Morgan fingerprint density at radius 3 is 2.52 bits per heavy atom. The molecule has 2 unspecified atom stereocenters. The van der Waals surface area contributed by atoms with E-state index in [0.29, 0.717) is 12.1 Å². The van der Waals surface area contributed by atoms with Gasteiger partial charge in [0.2, 0.25) is 0 Å². The van der Waals surface area contributed by atoms with E-state index in [4.69, 9.17) is 9.84 Å². The number of piperidine rings is 1.